The third-order valence-corrected chi connectivity index (χ3v) is 3.35. The van der Waals surface area contributed by atoms with Crippen molar-refractivity contribution in [1.82, 2.24) is 0 Å². The van der Waals surface area contributed by atoms with Crippen molar-refractivity contribution in [2.24, 2.45) is 5.92 Å². The Hall–Kier alpha value is -0.830. The van der Waals surface area contributed by atoms with Gasteiger partial charge in [-0.15, -0.1) is 0 Å². The van der Waals surface area contributed by atoms with Gasteiger partial charge in [-0.1, -0.05) is 13.5 Å². The Labute approximate surface area is 91.1 Å². The molecular weight excluding hydrogens is 192 g/mol. The molecule has 0 heterocycles. The fourth-order valence-corrected chi connectivity index (χ4v) is 1.98. The summed E-state index contributed by atoms with van der Waals surface area (Å²) in [5, 5.41) is 9.99. The van der Waals surface area contributed by atoms with Crippen molar-refractivity contribution in [3.05, 3.63) is 12.2 Å². The second kappa shape index (κ2) is 4.79. The van der Waals surface area contributed by atoms with Crippen molar-refractivity contribution < 1.29 is 14.6 Å². The molecule has 86 valence electrons. The standard InChI is InChI=1S/C12H20O3/c1-4-12(14)7-5-10(12)6-8-15-11(13)9(2)3/h10,14H,2,4-8H2,1,3H3. The molecule has 1 aliphatic rings. The quantitative estimate of drug-likeness (QED) is 0.560. The molecule has 0 aliphatic heterocycles. The van der Waals surface area contributed by atoms with E-state index in [0.717, 1.165) is 25.7 Å². The van der Waals surface area contributed by atoms with Gasteiger partial charge < -0.3 is 9.84 Å². The molecule has 15 heavy (non-hydrogen) atoms. The van der Waals surface area contributed by atoms with Gasteiger partial charge in [0.2, 0.25) is 0 Å². The summed E-state index contributed by atoms with van der Waals surface area (Å²) in [6, 6.07) is 0. The first-order valence-electron chi connectivity index (χ1n) is 5.54. The molecule has 2 atom stereocenters. The first-order chi connectivity index (χ1) is 6.99. The number of hydrogen-bond acceptors (Lipinski definition) is 3. The molecule has 2 unspecified atom stereocenters. The van der Waals surface area contributed by atoms with E-state index in [2.05, 4.69) is 6.58 Å². The monoisotopic (exact) mass is 212 g/mol. The summed E-state index contributed by atoms with van der Waals surface area (Å²) in [6.07, 6.45) is 3.45. The van der Waals surface area contributed by atoms with E-state index in [9.17, 15) is 9.90 Å². The highest BCUT2D eigenvalue weighted by atomic mass is 16.5. The number of rotatable bonds is 5. The van der Waals surface area contributed by atoms with Gasteiger partial charge in [0.05, 0.1) is 12.2 Å². The van der Waals surface area contributed by atoms with Crippen molar-refractivity contribution in [3.63, 3.8) is 0 Å². The fourth-order valence-electron chi connectivity index (χ4n) is 1.98. The molecule has 3 nitrogen and oxygen atoms in total. The van der Waals surface area contributed by atoms with Crippen LogP contribution in [0.1, 0.15) is 39.5 Å². The van der Waals surface area contributed by atoms with E-state index in [1.165, 1.54) is 0 Å². The molecule has 0 saturated heterocycles. The van der Waals surface area contributed by atoms with Crippen molar-refractivity contribution in [2.75, 3.05) is 6.61 Å². The molecule has 0 aromatic carbocycles. The lowest BCUT2D eigenvalue weighted by atomic mass is 9.66. The lowest BCUT2D eigenvalue weighted by molar-refractivity contribution is -0.143. The van der Waals surface area contributed by atoms with Gasteiger partial charge in [0.25, 0.3) is 0 Å². The van der Waals surface area contributed by atoms with Gasteiger partial charge in [0.15, 0.2) is 0 Å². The molecule has 0 aromatic heterocycles. The maximum Gasteiger partial charge on any atom is 0.333 e. The molecule has 0 aromatic rings. The zero-order valence-corrected chi connectivity index (χ0v) is 9.58. The second-order valence-corrected chi connectivity index (χ2v) is 4.40. The largest absolute Gasteiger partial charge is 0.462 e. The van der Waals surface area contributed by atoms with Crippen LogP contribution in [0.3, 0.4) is 0 Å². The van der Waals surface area contributed by atoms with E-state index in [1.54, 1.807) is 6.92 Å². The summed E-state index contributed by atoms with van der Waals surface area (Å²) in [4.78, 5) is 11.1. The number of carbonyl (C=O) groups is 1. The maximum atomic E-state index is 11.1. The molecule has 0 amide bonds. The SMILES string of the molecule is C=C(C)C(=O)OCCC1CCC1(O)CC. The van der Waals surface area contributed by atoms with Crippen LogP contribution in [0, 0.1) is 5.92 Å². The van der Waals surface area contributed by atoms with Gasteiger partial charge in [0, 0.05) is 5.57 Å². The van der Waals surface area contributed by atoms with E-state index in [-0.39, 0.29) is 5.97 Å². The van der Waals surface area contributed by atoms with Crippen LogP contribution in [0.15, 0.2) is 12.2 Å². The van der Waals surface area contributed by atoms with Crippen LogP contribution in [0.5, 0.6) is 0 Å². The molecule has 3 heteroatoms. The smallest absolute Gasteiger partial charge is 0.333 e. The van der Waals surface area contributed by atoms with Crippen molar-refractivity contribution >= 4 is 5.97 Å². The highest BCUT2D eigenvalue weighted by Gasteiger charge is 2.42. The van der Waals surface area contributed by atoms with Crippen molar-refractivity contribution in [2.45, 2.75) is 45.1 Å². The molecule has 1 fully saturated rings. The normalized spacial score (nSPS) is 29.4. The van der Waals surface area contributed by atoms with Crippen LogP contribution >= 0.6 is 0 Å². The summed E-state index contributed by atoms with van der Waals surface area (Å²) in [7, 11) is 0. The first-order valence-corrected chi connectivity index (χ1v) is 5.54. The third kappa shape index (κ3) is 2.81. The molecule has 1 saturated carbocycles. The Kier molecular flexibility index (Phi) is 3.91. The summed E-state index contributed by atoms with van der Waals surface area (Å²) in [5.74, 6) is -0.0465. The van der Waals surface area contributed by atoms with E-state index in [1.807, 2.05) is 6.92 Å². The van der Waals surface area contributed by atoms with E-state index in [4.69, 9.17) is 4.74 Å². The first kappa shape index (κ1) is 12.2. The average molecular weight is 212 g/mol. The maximum absolute atomic E-state index is 11.1. The molecule has 0 radical (unpaired) electrons. The van der Waals surface area contributed by atoms with Gasteiger partial charge in [-0.2, -0.15) is 0 Å². The summed E-state index contributed by atoms with van der Waals surface area (Å²) in [6.45, 7) is 7.52. The average Bonchev–Trinajstić information content (AvgIpc) is 2.20. The molecule has 1 N–H and O–H groups in total. The lowest BCUT2D eigenvalue weighted by Crippen LogP contribution is -2.46. The molecule has 1 rings (SSSR count). The predicted molar refractivity (Wildman–Crippen MR) is 58.4 cm³/mol. The lowest BCUT2D eigenvalue weighted by Gasteiger charge is -2.45. The number of ether oxygens (including phenoxy) is 1. The van der Waals surface area contributed by atoms with Crippen molar-refractivity contribution in [1.29, 1.82) is 0 Å². The van der Waals surface area contributed by atoms with Crippen LogP contribution in [0.4, 0.5) is 0 Å². The minimum atomic E-state index is -0.504. The zero-order valence-electron chi connectivity index (χ0n) is 9.58. The molecular formula is C12H20O3. The van der Waals surface area contributed by atoms with Crippen molar-refractivity contribution in [3.8, 4) is 0 Å². The van der Waals surface area contributed by atoms with Gasteiger partial charge in [-0.05, 0) is 38.5 Å². The van der Waals surface area contributed by atoms with Crippen LogP contribution in [-0.4, -0.2) is 23.3 Å². The number of hydrogen-bond donors (Lipinski definition) is 1. The fraction of sp³-hybridized carbons (Fsp3) is 0.750. The number of esters is 1. The Morgan fingerprint density at radius 3 is 2.73 bits per heavy atom. The van der Waals surface area contributed by atoms with Crippen LogP contribution < -0.4 is 0 Å². The zero-order chi connectivity index (χ0) is 11.5. The van der Waals surface area contributed by atoms with Gasteiger partial charge in [0.1, 0.15) is 0 Å². The topological polar surface area (TPSA) is 46.5 Å². The van der Waals surface area contributed by atoms with Gasteiger partial charge >= 0.3 is 5.97 Å². The number of aliphatic hydroxyl groups is 1. The van der Waals surface area contributed by atoms with E-state index in [0.29, 0.717) is 18.1 Å². The van der Waals surface area contributed by atoms with Crippen LogP contribution in [0.2, 0.25) is 0 Å². The minimum Gasteiger partial charge on any atom is -0.462 e. The Morgan fingerprint density at radius 1 is 1.67 bits per heavy atom. The van der Waals surface area contributed by atoms with Crippen LogP contribution in [0.25, 0.3) is 0 Å². The van der Waals surface area contributed by atoms with E-state index >= 15 is 0 Å². The predicted octanol–water partition coefficient (Wildman–Crippen LogP) is 2.05. The minimum absolute atomic E-state index is 0.292. The van der Waals surface area contributed by atoms with Crippen LogP contribution in [-0.2, 0) is 9.53 Å². The highest BCUT2D eigenvalue weighted by Crippen LogP contribution is 2.42. The second-order valence-electron chi connectivity index (χ2n) is 4.40. The molecule has 0 spiro atoms. The molecule has 1 aliphatic carbocycles. The summed E-state index contributed by atoms with van der Waals surface area (Å²) in [5.41, 5.74) is -0.0790. The third-order valence-electron chi connectivity index (χ3n) is 3.35. The molecule has 0 bridgehead atoms. The Balaban J connectivity index is 2.22. The van der Waals surface area contributed by atoms with Gasteiger partial charge in [-0.25, -0.2) is 4.79 Å². The Bertz CT molecular complexity index is 256. The van der Waals surface area contributed by atoms with E-state index < -0.39 is 5.60 Å². The summed E-state index contributed by atoms with van der Waals surface area (Å²) < 4.78 is 5.00. The van der Waals surface area contributed by atoms with Gasteiger partial charge in [-0.3, -0.25) is 0 Å². The highest BCUT2D eigenvalue weighted by molar-refractivity contribution is 5.86. The number of carbonyl (C=O) groups excluding carboxylic acids is 1. The Morgan fingerprint density at radius 2 is 2.33 bits per heavy atom. The summed E-state index contributed by atoms with van der Waals surface area (Å²) >= 11 is 0.